The average Bonchev–Trinajstić information content (AvgIpc) is 3.37. The molecule has 0 amide bonds. The first-order chi connectivity index (χ1) is 13.3. The number of hydrogen-bond donors (Lipinski definition) is 2. The molecule has 1 aromatic carbocycles. The second kappa shape index (κ2) is 8.65. The maximum absolute atomic E-state index is 6.61. The summed E-state index contributed by atoms with van der Waals surface area (Å²) in [7, 11) is 0. The number of ether oxygens (including phenoxy) is 1. The fraction of sp³-hybridized carbons (Fsp3) is 0.632. The van der Waals surface area contributed by atoms with Crippen molar-refractivity contribution in [2.24, 2.45) is 0 Å². The molecule has 0 radical (unpaired) electrons. The highest BCUT2D eigenvalue weighted by atomic mass is 35.5. The van der Waals surface area contributed by atoms with Gasteiger partial charge in [0.1, 0.15) is 26.2 Å². The summed E-state index contributed by atoms with van der Waals surface area (Å²) in [5.41, 5.74) is 1.11. The Kier molecular flexibility index (Phi) is 6.02. The Balaban J connectivity index is 1.64. The maximum atomic E-state index is 6.61. The van der Waals surface area contributed by atoms with Gasteiger partial charge in [-0.2, -0.15) is 0 Å². The van der Waals surface area contributed by atoms with Crippen molar-refractivity contribution in [2.75, 3.05) is 39.3 Å². The number of nitrogens with zero attached hydrogens (tertiary/aromatic N) is 4. The van der Waals surface area contributed by atoms with E-state index in [-0.39, 0.29) is 12.1 Å². The fourth-order valence-electron chi connectivity index (χ4n) is 4.35. The quantitative estimate of drug-likeness (QED) is 0.689. The van der Waals surface area contributed by atoms with E-state index in [0.717, 1.165) is 48.9 Å². The second-order valence-corrected chi connectivity index (χ2v) is 7.98. The summed E-state index contributed by atoms with van der Waals surface area (Å²) < 4.78 is 7.75. The molecule has 2 aliphatic heterocycles. The van der Waals surface area contributed by atoms with Gasteiger partial charge < -0.3 is 14.5 Å². The molecule has 146 valence electrons. The van der Waals surface area contributed by atoms with Gasteiger partial charge in [-0.05, 0) is 36.3 Å². The minimum Gasteiger partial charge on any atom is -0.376 e. The summed E-state index contributed by atoms with van der Waals surface area (Å²) in [5.74, 6) is 0.897. The molecule has 0 bridgehead atoms. The van der Waals surface area contributed by atoms with E-state index in [1.54, 1.807) is 4.90 Å². The zero-order valence-corrected chi connectivity index (χ0v) is 16.7. The molecule has 2 aromatic rings. The third-order valence-corrected chi connectivity index (χ3v) is 6.29. The van der Waals surface area contributed by atoms with Crippen molar-refractivity contribution >= 4 is 11.6 Å². The molecule has 2 atom stereocenters. The zero-order valence-electron chi connectivity index (χ0n) is 15.9. The monoisotopic (exact) mass is 392 g/mol. The normalized spacial score (nSPS) is 27.0. The predicted octanol–water partition coefficient (Wildman–Crippen LogP) is -0.602. The molecular formula is C19H29ClN6O+2. The molecule has 0 saturated carbocycles. The first kappa shape index (κ1) is 18.8. The first-order valence-corrected chi connectivity index (χ1v) is 10.4. The first-order valence-electron chi connectivity index (χ1n) is 10.1. The van der Waals surface area contributed by atoms with Crippen molar-refractivity contribution in [3.05, 3.63) is 40.7 Å². The molecule has 8 heteroatoms. The molecule has 1 aromatic heterocycles. The summed E-state index contributed by atoms with van der Waals surface area (Å²) >= 11 is 6.61. The molecule has 2 N–H and O–H groups in total. The van der Waals surface area contributed by atoms with Crippen LogP contribution in [0.1, 0.15) is 37.2 Å². The largest absolute Gasteiger partial charge is 0.376 e. The minimum absolute atomic E-state index is 0.0495. The van der Waals surface area contributed by atoms with Crippen LogP contribution in [0.4, 0.5) is 0 Å². The summed E-state index contributed by atoms with van der Waals surface area (Å²) in [5, 5.41) is 13.5. The zero-order chi connectivity index (χ0) is 18.6. The van der Waals surface area contributed by atoms with Crippen molar-refractivity contribution in [3.63, 3.8) is 0 Å². The molecular weight excluding hydrogens is 364 g/mol. The van der Waals surface area contributed by atoms with Crippen molar-refractivity contribution in [2.45, 2.75) is 38.5 Å². The van der Waals surface area contributed by atoms with Crippen molar-refractivity contribution < 1.29 is 14.5 Å². The van der Waals surface area contributed by atoms with Crippen LogP contribution < -0.4 is 9.80 Å². The van der Waals surface area contributed by atoms with E-state index < -0.39 is 0 Å². The molecule has 2 aliphatic rings. The number of quaternary nitrogens is 2. The van der Waals surface area contributed by atoms with Crippen LogP contribution >= 0.6 is 11.6 Å². The molecule has 2 fully saturated rings. The summed E-state index contributed by atoms with van der Waals surface area (Å²) in [6.07, 6.45) is 2.39. The van der Waals surface area contributed by atoms with Crippen LogP contribution in [0.25, 0.3) is 0 Å². The SMILES string of the molecule is CC[NH+]1CC[NH+]([C@@H](c2ccccc2Cl)c2nnnn2C[C@@H]2CCCO2)CC1. The van der Waals surface area contributed by atoms with Gasteiger partial charge in [0.15, 0.2) is 6.04 Å². The smallest absolute Gasteiger partial charge is 0.214 e. The Morgan fingerprint density at radius 2 is 2.07 bits per heavy atom. The fourth-order valence-corrected chi connectivity index (χ4v) is 4.59. The molecule has 7 nitrogen and oxygen atoms in total. The lowest BCUT2D eigenvalue weighted by Gasteiger charge is -2.34. The second-order valence-electron chi connectivity index (χ2n) is 7.57. The highest BCUT2D eigenvalue weighted by Crippen LogP contribution is 2.25. The van der Waals surface area contributed by atoms with E-state index >= 15 is 0 Å². The topological polar surface area (TPSA) is 61.7 Å². The van der Waals surface area contributed by atoms with E-state index in [1.165, 1.54) is 24.5 Å². The number of halogens is 1. The predicted molar refractivity (Wildman–Crippen MR) is 102 cm³/mol. The number of likely N-dealkylation sites (N-methyl/N-ethyl adjacent to an activating group) is 1. The third kappa shape index (κ3) is 4.16. The van der Waals surface area contributed by atoms with Crippen molar-refractivity contribution in [1.29, 1.82) is 0 Å². The Hall–Kier alpha value is -1.54. The van der Waals surface area contributed by atoms with Crippen LogP contribution in [-0.2, 0) is 11.3 Å². The van der Waals surface area contributed by atoms with Gasteiger partial charge >= 0.3 is 0 Å². The van der Waals surface area contributed by atoms with Crippen LogP contribution in [0.15, 0.2) is 24.3 Å². The highest BCUT2D eigenvalue weighted by molar-refractivity contribution is 6.31. The molecule has 0 spiro atoms. The summed E-state index contributed by atoms with van der Waals surface area (Å²) in [6, 6.07) is 8.16. The molecule has 2 saturated heterocycles. The van der Waals surface area contributed by atoms with Gasteiger partial charge in [0.2, 0.25) is 5.82 Å². The van der Waals surface area contributed by atoms with Gasteiger partial charge in [0.05, 0.1) is 24.2 Å². The third-order valence-electron chi connectivity index (χ3n) is 5.94. The molecule has 27 heavy (non-hydrogen) atoms. The number of aromatic nitrogens is 4. The molecule has 0 unspecified atom stereocenters. The number of tetrazole rings is 1. The minimum atomic E-state index is 0.0495. The lowest BCUT2D eigenvalue weighted by Crippen LogP contribution is -3.28. The van der Waals surface area contributed by atoms with Gasteiger partial charge in [0.25, 0.3) is 0 Å². The van der Waals surface area contributed by atoms with Crippen LogP contribution in [-0.4, -0.2) is 65.6 Å². The van der Waals surface area contributed by atoms with Crippen LogP contribution in [0.2, 0.25) is 5.02 Å². The number of benzene rings is 1. The van der Waals surface area contributed by atoms with Crippen molar-refractivity contribution in [3.8, 4) is 0 Å². The van der Waals surface area contributed by atoms with Gasteiger partial charge in [-0.3, -0.25) is 0 Å². The van der Waals surface area contributed by atoms with Gasteiger partial charge in [-0.1, -0.05) is 29.8 Å². The lowest BCUT2D eigenvalue weighted by molar-refractivity contribution is -1.02. The Morgan fingerprint density at radius 3 is 2.78 bits per heavy atom. The van der Waals surface area contributed by atoms with Crippen LogP contribution in [0, 0.1) is 0 Å². The Labute approximate surface area is 165 Å². The van der Waals surface area contributed by atoms with Crippen molar-refractivity contribution in [1.82, 2.24) is 20.2 Å². The van der Waals surface area contributed by atoms with E-state index in [9.17, 15) is 0 Å². The van der Waals surface area contributed by atoms with Crippen LogP contribution in [0.3, 0.4) is 0 Å². The highest BCUT2D eigenvalue weighted by Gasteiger charge is 2.36. The van der Waals surface area contributed by atoms with Gasteiger partial charge in [-0.15, -0.1) is 5.10 Å². The molecule has 0 aliphatic carbocycles. The summed E-state index contributed by atoms with van der Waals surface area (Å²) in [6.45, 7) is 9.50. The number of rotatable bonds is 6. The van der Waals surface area contributed by atoms with Gasteiger partial charge in [0, 0.05) is 12.2 Å². The standard InChI is InChI=1S/C19H27ClN6O/c1-2-24-9-11-25(12-10-24)18(16-7-3-4-8-17(16)20)19-21-22-23-26(19)14-15-6-5-13-27-15/h3-4,7-8,15,18H,2,5-6,9-14H2,1H3/p+2/t15-,18-/m0/s1. The number of piperazine rings is 1. The van der Waals surface area contributed by atoms with E-state index in [2.05, 4.69) is 34.6 Å². The summed E-state index contributed by atoms with van der Waals surface area (Å²) in [4.78, 5) is 3.15. The van der Waals surface area contributed by atoms with E-state index in [0.29, 0.717) is 6.54 Å². The van der Waals surface area contributed by atoms with E-state index in [1.807, 2.05) is 16.8 Å². The van der Waals surface area contributed by atoms with Crippen LogP contribution in [0.5, 0.6) is 0 Å². The number of nitrogens with one attached hydrogen (secondary N) is 2. The Bertz CT molecular complexity index is 739. The maximum Gasteiger partial charge on any atom is 0.214 e. The molecule has 3 heterocycles. The Morgan fingerprint density at radius 1 is 1.26 bits per heavy atom. The number of hydrogen-bond acceptors (Lipinski definition) is 4. The van der Waals surface area contributed by atoms with Gasteiger partial charge in [-0.25, -0.2) is 4.68 Å². The molecule has 4 rings (SSSR count). The lowest BCUT2D eigenvalue weighted by atomic mass is 10.0. The van der Waals surface area contributed by atoms with E-state index in [4.69, 9.17) is 16.3 Å². The average molecular weight is 393 g/mol.